The van der Waals surface area contributed by atoms with Crippen LogP contribution >= 0.6 is 23.2 Å². The Morgan fingerprint density at radius 1 is 1.29 bits per heavy atom. The number of hydrogen-bond donors (Lipinski definition) is 3. The largest absolute Gasteiger partial charge is 0.349 e. The molecule has 1 aliphatic rings. The van der Waals surface area contributed by atoms with Crippen LogP contribution in [0, 0.1) is 12.3 Å². The Morgan fingerprint density at radius 2 is 1.97 bits per heavy atom. The molecule has 1 aromatic carbocycles. The number of carbonyl (C=O) groups excluding carboxylic acids is 1. The van der Waals surface area contributed by atoms with Gasteiger partial charge in [0.25, 0.3) is 5.91 Å². The van der Waals surface area contributed by atoms with Crippen LogP contribution in [0.15, 0.2) is 34.0 Å². The summed E-state index contributed by atoms with van der Waals surface area (Å²) in [5.41, 5.74) is 4.11. The summed E-state index contributed by atoms with van der Waals surface area (Å²) in [5, 5.41) is 7.48. The molecule has 0 spiro atoms. The van der Waals surface area contributed by atoms with Gasteiger partial charge in [0.15, 0.2) is 0 Å². The molecular formula is C24H32Cl2N4O. The van der Waals surface area contributed by atoms with E-state index in [-0.39, 0.29) is 11.9 Å². The zero-order valence-corrected chi connectivity index (χ0v) is 20.5. The van der Waals surface area contributed by atoms with Crippen LogP contribution in [0.4, 0.5) is 5.95 Å². The standard InChI is InChI=1S/C24H32Cl2N4O/c1-6-7-18(26)21(15(3)25)30-23-28-19-12-14(2)17(13-20(19)29-23)22(31)27-16-8-10-24(4,5)11-9-16/h7,12-13,16H,6,8-11H2,1-5H3,(H,27,31)(H2,28,29,30)/b18-7+,21-15-. The number of aromatic nitrogens is 2. The number of aryl methyl sites for hydroxylation is 1. The predicted molar refractivity (Wildman–Crippen MR) is 131 cm³/mol. The summed E-state index contributed by atoms with van der Waals surface area (Å²) in [5.74, 6) is 0.492. The van der Waals surface area contributed by atoms with E-state index < -0.39 is 0 Å². The van der Waals surface area contributed by atoms with E-state index in [2.05, 4.69) is 34.4 Å². The van der Waals surface area contributed by atoms with Crippen LogP contribution in [0.2, 0.25) is 0 Å². The van der Waals surface area contributed by atoms with Crippen LogP contribution in [-0.4, -0.2) is 21.9 Å². The highest BCUT2D eigenvalue weighted by molar-refractivity contribution is 6.35. The Bertz CT molecular complexity index is 1020. The summed E-state index contributed by atoms with van der Waals surface area (Å²) >= 11 is 12.6. The minimum Gasteiger partial charge on any atom is -0.349 e. The molecule has 2 aromatic rings. The van der Waals surface area contributed by atoms with Gasteiger partial charge in [0.2, 0.25) is 5.95 Å². The third kappa shape index (κ3) is 5.83. The zero-order valence-electron chi connectivity index (χ0n) is 19.0. The van der Waals surface area contributed by atoms with Gasteiger partial charge in [-0.1, -0.05) is 50.0 Å². The first kappa shape index (κ1) is 23.7. The highest BCUT2D eigenvalue weighted by Gasteiger charge is 2.28. The number of anilines is 1. The van der Waals surface area contributed by atoms with E-state index in [0.717, 1.165) is 43.2 Å². The first-order valence-corrected chi connectivity index (χ1v) is 11.7. The van der Waals surface area contributed by atoms with Gasteiger partial charge in [-0.25, -0.2) is 4.98 Å². The Hall–Kier alpha value is -1.98. The van der Waals surface area contributed by atoms with Crippen molar-refractivity contribution in [2.45, 2.75) is 72.8 Å². The van der Waals surface area contributed by atoms with Gasteiger partial charge in [-0.05, 0) is 69.1 Å². The fourth-order valence-corrected chi connectivity index (χ4v) is 4.53. The van der Waals surface area contributed by atoms with Crippen LogP contribution in [0.3, 0.4) is 0 Å². The first-order valence-electron chi connectivity index (χ1n) is 10.9. The number of imidazole rings is 1. The number of benzene rings is 1. The van der Waals surface area contributed by atoms with Crippen molar-refractivity contribution in [3.05, 3.63) is 45.1 Å². The van der Waals surface area contributed by atoms with Crippen LogP contribution in [-0.2, 0) is 0 Å². The molecule has 1 aromatic heterocycles. The molecular weight excluding hydrogens is 431 g/mol. The lowest BCUT2D eigenvalue weighted by atomic mass is 9.75. The molecule has 0 saturated heterocycles. The topological polar surface area (TPSA) is 69.8 Å². The Balaban J connectivity index is 1.80. The Kier molecular flexibility index (Phi) is 7.38. The van der Waals surface area contributed by atoms with E-state index >= 15 is 0 Å². The van der Waals surface area contributed by atoms with Crippen molar-refractivity contribution in [2.24, 2.45) is 5.41 Å². The molecule has 1 fully saturated rings. The van der Waals surface area contributed by atoms with Gasteiger partial charge in [0.05, 0.1) is 21.8 Å². The van der Waals surface area contributed by atoms with Crippen LogP contribution in [0.5, 0.6) is 0 Å². The third-order valence-electron chi connectivity index (χ3n) is 5.96. The highest BCUT2D eigenvalue weighted by Crippen LogP contribution is 2.35. The number of rotatable bonds is 6. The van der Waals surface area contributed by atoms with E-state index in [9.17, 15) is 4.79 Å². The number of carbonyl (C=O) groups is 1. The average molecular weight is 463 g/mol. The Morgan fingerprint density at radius 3 is 2.58 bits per heavy atom. The van der Waals surface area contributed by atoms with Gasteiger partial charge in [0, 0.05) is 16.6 Å². The third-order valence-corrected chi connectivity index (χ3v) is 6.49. The molecule has 0 atom stereocenters. The number of H-pyrrole nitrogens is 1. The fraction of sp³-hybridized carbons (Fsp3) is 0.500. The molecule has 1 saturated carbocycles. The van der Waals surface area contributed by atoms with E-state index in [4.69, 9.17) is 23.2 Å². The summed E-state index contributed by atoms with van der Waals surface area (Å²) in [7, 11) is 0. The summed E-state index contributed by atoms with van der Waals surface area (Å²) < 4.78 is 0. The number of aromatic amines is 1. The summed E-state index contributed by atoms with van der Waals surface area (Å²) in [6.45, 7) is 10.3. The normalized spacial score (nSPS) is 18.1. The lowest BCUT2D eigenvalue weighted by Gasteiger charge is -2.34. The summed E-state index contributed by atoms with van der Waals surface area (Å²) in [6.07, 6.45) is 7.00. The van der Waals surface area contributed by atoms with Gasteiger partial charge in [0.1, 0.15) is 0 Å². The minimum absolute atomic E-state index is 0.0345. The SMILES string of the molecule is CC/C=C(Cl)\C(Nc1nc2cc(C(=O)NC3CCC(C)(C)CC3)c(C)cc2[nH]1)=C(/C)Cl. The van der Waals surface area contributed by atoms with E-state index in [1.165, 1.54) is 0 Å². The van der Waals surface area contributed by atoms with Gasteiger partial charge in [-0.2, -0.15) is 0 Å². The average Bonchev–Trinajstić information content (AvgIpc) is 3.08. The smallest absolute Gasteiger partial charge is 0.251 e. The van der Waals surface area contributed by atoms with Gasteiger partial charge >= 0.3 is 0 Å². The molecule has 0 aliphatic heterocycles. The summed E-state index contributed by atoms with van der Waals surface area (Å²) in [6, 6.07) is 4.03. The first-order chi connectivity index (χ1) is 14.6. The molecule has 1 aliphatic carbocycles. The monoisotopic (exact) mass is 462 g/mol. The molecule has 1 amide bonds. The lowest BCUT2D eigenvalue weighted by Crippen LogP contribution is -2.39. The molecule has 5 nitrogen and oxygen atoms in total. The highest BCUT2D eigenvalue weighted by atomic mass is 35.5. The van der Waals surface area contributed by atoms with Crippen molar-refractivity contribution in [1.82, 2.24) is 15.3 Å². The van der Waals surface area contributed by atoms with Gasteiger partial charge in [-0.15, -0.1) is 0 Å². The maximum Gasteiger partial charge on any atom is 0.251 e. The zero-order chi connectivity index (χ0) is 22.8. The van der Waals surface area contributed by atoms with Crippen molar-refractivity contribution in [3.63, 3.8) is 0 Å². The molecule has 3 N–H and O–H groups in total. The molecule has 0 bridgehead atoms. The van der Waals surface area contributed by atoms with Crippen LogP contribution in [0.1, 0.15) is 75.7 Å². The second-order valence-electron chi connectivity index (χ2n) is 9.18. The molecule has 1 heterocycles. The number of fused-ring (bicyclic) bond motifs is 1. The lowest BCUT2D eigenvalue weighted by molar-refractivity contribution is 0.0908. The molecule has 0 radical (unpaired) electrons. The minimum atomic E-state index is -0.0345. The number of nitrogens with zero attached hydrogens (tertiary/aromatic N) is 1. The van der Waals surface area contributed by atoms with Crippen molar-refractivity contribution in [1.29, 1.82) is 0 Å². The molecule has 7 heteroatoms. The number of nitrogens with one attached hydrogen (secondary N) is 3. The van der Waals surface area contributed by atoms with E-state index in [0.29, 0.717) is 38.2 Å². The quantitative estimate of drug-likeness (QED) is 0.405. The van der Waals surface area contributed by atoms with Crippen LogP contribution in [0.25, 0.3) is 11.0 Å². The van der Waals surface area contributed by atoms with Crippen LogP contribution < -0.4 is 10.6 Å². The number of hydrogen-bond acceptors (Lipinski definition) is 3. The van der Waals surface area contributed by atoms with Gasteiger partial charge in [-0.3, -0.25) is 4.79 Å². The van der Waals surface area contributed by atoms with Crippen molar-refractivity contribution < 1.29 is 4.79 Å². The second kappa shape index (κ2) is 9.66. The van der Waals surface area contributed by atoms with Crippen molar-refractivity contribution in [3.8, 4) is 0 Å². The maximum absolute atomic E-state index is 13.0. The van der Waals surface area contributed by atoms with E-state index in [1.54, 1.807) is 6.92 Å². The van der Waals surface area contributed by atoms with Gasteiger partial charge < -0.3 is 15.6 Å². The molecule has 0 unspecified atom stereocenters. The molecule has 3 rings (SSSR count). The summed E-state index contributed by atoms with van der Waals surface area (Å²) in [4.78, 5) is 20.8. The number of halogens is 2. The van der Waals surface area contributed by atoms with Crippen molar-refractivity contribution >= 4 is 46.1 Å². The number of amides is 1. The van der Waals surface area contributed by atoms with Crippen molar-refractivity contribution in [2.75, 3.05) is 5.32 Å². The fourth-order valence-electron chi connectivity index (χ4n) is 3.99. The maximum atomic E-state index is 13.0. The predicted octanol–water partition coefficient (Wildman–Crippen LogP) is 6.98. The second-order valence-corrected chi connectivity index (χ2v) is 10.1. The molecule has 31 heavy (non-hydrogen) atoms. The van der Waals surface area contributed by atoms with E-state index in [1.807, 2.05) is 32.1 Å². The Labute approximate surface area is 194 Å². The number of allylic oxidation sites excluding steroid dienone is 3. The molecule has 168 valence electrons.